The van der Waals surface area contributed by atoms with Crippen molar-refractivity contribution in [3.8, 4) is 0 Å². The number of rotatable bonds is 4. The highest BCUT2D eigenvalue weighted by Crippen LogP contribution is 1.93. The fraction of sp³-hybridized carbons (Fsp3) is 0.400. The van der Waals surface area contributed by atoms with Gasteiger partial charge < -0.3 is 0 Å². The molecule has 0 aliphatic rings. The molecule has 0 aromatic heterocycles. The van der Waals surface area contributed by atoms with Gasteiger partial charge in [-0.05, 0) is 0 Å². The lowest BCUT2D eigenvalue weighted by atomic mass is 10.4. The maximum atomic E-state index is 2.27. The molecule has 0 saturated heterocycles. The standard InChI is InChI=1S/C6H5.C4H9.BrH.Mg/c1-2-4-6-5-3-1;1-3-4-2;;/h1-5H;1,3-4H2,2H3;1H;. The van der Waals surface area contributed by atoms with Crippen LogP contribution in [0.3, 0.4) is 0 Å². The van der Waals surface area contributed by atoms with Gasteiger partial charge in [0.15, 0.2) is 0 Å². The summed E-state index contributed by atoms with van der Waals surface area (Å²) in [5.74, 6) is 0. The van der Waals surface area contributed by atoms with Gasteiger partial charge in [0, 0.05) is 0 Å². The molecule has 64 valence electrons. The summed E-state index contributed by atoms with van der Waals surface area (Å²) < 4.78 is 3.08. The molecule has 1 aromatic carbocycles. The van der Waals surface area contributed by atoms with E-state index in [0.29, 0.717) is 0 Å². The predicted octanol–water partition coefficient (Wildman–Crippen LogP) is 2.81. The Morgan fingerprint density at radius 2 is 1.83 bits per heavy atom. The highest BCUT2D eigenvalue weighted by Gasteiger charge is 1.95. The zero-order valence-corrected chi connectivity index (χ0v) is 10.8. The summed E-state index contributed by atoms with van der Waals surface area (Å²) in [6, 6.07) is 10.9. The van der Waals surface area contributed by atoms with E-state index in [4.69, 9.17) is 0 Å². The summed E-state index contributed by atoms with van der Waals surface area (Å²) in [7, 11) is 0. The number of benzene rings is 1. The Kier molecular flexibility index (Phi) is 8.40. The Balaban J connectivity index is 0.00000121. The van der Waals surface area contributed by atoms with Crippen LogP contribution in [0, 0.1) is 0 Å². The average molecular weight is 239 g/mol. The Bertz CT molecular complexity index is 186. The van der Waals surface area contributed by atoms with Crippen LogP contribution in [-0.2, 0) is 0 Å². The average Bonchev–Trinajstić information content (AvgIpc) is 2.07. The van der Waals surface area contributed by atoms with Crippen molar-refractivity contribution in [2.45, 2.75) is 24.3 Å². The van der Waals surface area contributed by atoms with Crippen LogP contribution in [0.5, 0.6) is 0 Å². The number of hydrogen-bond donors (Lipinski definition) is 0. The molecule has 2 heteroatoms. The third kappa shape index (κ3) is 5.17. The zero-order valence-electron chi connectivity index (χ0n) is 7.62. The SMILES string of the molecule is Br.CCC[CH2][Mg][c]1ccccc1. The predicted molar refractivity (Wildman–Crippen MR) is 61.9 cm³/mol. The lowest BCUT2D eigenvalue weighted by molar-refractivity contribution is 0.881. The summed E-state index contributed by atoms with van der Waals surface area (Å²) in [5.41, 5.74) is 0. The molecule has 0 spiro atoms. The van der Waals surface area contributed by atoms with E-state index in [2.05, 4.69) is 37.3 Å². The van der Waals surface area contributed by atoms with Crippen LogP contribution in [-0.4, -0.2) is 20.4 Å². The van der Waals surface area contributed by atoms with Gasteiger partial charge in [-0.1, -0.05) is 50.1 Å². The van der Waals surface area contributed by atoms with Gasteiger partial charge in [0.05, 0.1) is 0 Å². The number of halogens is 1. The molecule has 0 fully saturated rings. The minimum atomic E-state index is 0. The topological polar surface area (TPSA) is 0 Å². The van der Waals surface area contributed by atoms with Crippen molar-refractivity contribution < 1.29 is 0 Å². The quantitative estimate of drug-likeness (QED) is 0.560. The van der Waals surface area contributed by atoms with E-state index >= 15 is 0 Å². The second-order valence-corrected chi connectivity index (χ2v) is 4.97. The van der Waals surface area contributed by atoms with Crippen molar-refractivity contribution >= 4 is 41.0 Å². The smallest absolute Gasteiger partial charge is 0.174 e. The van der Waals surface area contributed by atoms with Crippen molar-refractivity contribution in [1.82, 2.24) is 0 Å². The Labute approximate surface area is 95.2 Å². The molecule has 0 nitrogen and oxygen atoms in total. The van der Waals surface area contributed by atoms with Crippen molar-refractivity contribution in [3.63, 3.8) is 0 Å². The minimum Gasteiger partial charge on any atom is -0.174 e. The molecule has 0 N–H and O–H groups in total. The summed E-state index contributed by atoms with van der Waals surface area (Å²) in [5, 5.41) is 0. The molecule has 0 aliphatic heterocycles. The van der Waals surface area contributed by atoms with E-state index in [1.165, 1.54) is 17.4 Å². The van der Waals surface area contributed by atoms with E-state index in [9.17, 15) is 0 Å². The molecule has 0 atom stereocenters. The van der Waals surface area contributed by atoms with Crippen LogP contribution in [0.4, 0.5) is 0 Å². The van der Waals surface area contributed by atoms with Crippen LogP contribution in [0.2, 0.25) is 4.55 Å². The van der Waals surface area contributed by atoms with Crippen molar-refractivity contribution in [2.75, 3.05) is 0 Å². The number of unbranched alkanes of at least 4 members (excludes halogenated alkanes) is 1. The molecule has 0 heterocycles. The first kappa shape index (κ1) is 12.5. The Morgan fingerprint density at radius 3 is 2.42 bits per heavy atom. The molecule has 1 rings (SSSR count). The van der Waals surface area contributed by atoms with Gasteiger partial charge in [0.2, 0.25) is 0 Å². The maximum Gasteiger partial charge on any atom is 0.408 e. The molecule has 0 saturated carbocycles. The van der Waals surface area contributed by atoms with Gasteiger partial charge in [-0.15, -0.1) is 21.5 Å². The molecular weight excluding hydrogens is 224 g/mol. The highest BCUT2D eigenvalue weighted by atomic mass is 79.9. The molecule has 0 bridgehead atoms. The molecule has 12 heavy (non-hydrogen) atoms. The van der Waals surface area contributed by atoms with Gasteiger partial charge in [-0.25, -0.2) is 0 Å². The van der Waals surface area contributed by atoms with Crippen molar-refractivity contribution in [1.29, 1.82) is 0 Å². The van der Waals surface area contributed by atoms with Crippen LogP contribution in [0.25, 0.3) is 0 Å². The first-order valence-corrected chi connectivity index (χ1v) is 6.18. The Hall–Kier alpha value is 0.466. The molecule has 0 radical (unpaired) electrons. The van der Waals surface area contributed by atoms with E-state index in [1.807, 2.05) is 0 Å². The summed E-state index contributed by atoms with van der Waals surface area (Å²) in [4.78, 5) is 0. The summed E-state index contributed by atoms with van der Waals surface area (Å²) in [6.07, 6.45) is 2.76. The second-order valence-electron chi connectivity index (χ2n) is 2.94. The molecule has 0 unspecified atom stereocenters. The van der Waals surface area contributed by atoms with Crippen molar-refractivity contribution in [3.05, 3.63) is 30.3 Å². The normalized spacial score (nSPS) is 8.42. The fourth-order valence-corrected chi connectivity index (χ4v) is 2.99. The third-order valence-corrected chi connectivity index (χ3v) is 3.81. The zero-order chi connectivity index (χ0) is 7.94. The first-order chi connectivity index (χ1) is 5.43. The lowest BCUT2D eigenvalue weighted by Gasteiger charge is -1.96. The van der Waals surface area contributed by atoms with Crippen molar-refractivity contribution in [2.24, 2.45) is 0 Å². The Morgan fingerprint density at radius 1 is 1.17 bits per heavy atom. The summed E-state index contributed by atoms with van der Waals surface area (Å²) in [6.45, 7) is 2.26. The maximum absolute atomic E-state index is 2.27. The lowest BCUT2D eigenvalue weighted by Crippen LogP contribution is -2.11. The van der Waals surface area contributed by atoms with Gasteiger partial charge >= 0.3 is 20.4 Å². The van der Waals surface area contributed by atoms with Gasteiger partial charge in [0.25, 0.3) is 0 Å². The third-order valence-electron chi connectivity index (χ3n) is 1.91. The fourth-order valence-electron chi connectivity index (χ4n) is 1.22. The van der Waals surface area contributed by atoms with E-state index < -0.39 is 0 Å². The van der Waals surface area contributed by atoms with Crippen LogP contribution >= 0.6 is 17.0 Å². The second kappa shape index (κ2) is 8.08. The molecule has 0 aliphatic carbocycles. The van der Waals surface area contributed by atoms with Crippen LogP contribution < -0.4 is 3.69 Å². The van der Waals surface area contributed by atoms with Crippen LogP contribution in [0.1, 0.15) is 19.8 Å². The van der Waals surface area contributed by atoms with E-state index in [0.717, 1.165) is 0 Å². The first-order valence-electron chi connectivity index (χ1n) is 4.47. The van der Waals surface area contributed by atoms with E-state index in [-0.39, 0.29) is 37.3 Å². The minimum absolute atomic E-state index is 0. The molecular formula is C10H15BrMg. The van der Waals surface area contributed by atoms with E-state index in [1.54, 1.807) is 3.69 Å². The van der Waals surface area contributed by atoms with Crippen LogP contribution in [0.15, 0.2) is 30.3 Å². The number of hydrogen-bond acceptors (Lipinski definition) is 0. The molecule has 0 amide bonds. The van der Waals surface area contributed by atoms with Gasteiger partial charge in [0.1, 0.15) is 0 Å². The summed E-state index contributed by atoms with van der Waals surface area (Å²) >= 11 is 0.0776. The van der Waals surface area contributed by atoms with Gasteiger partial charge in [-0.3, -0.25) is 0 Å². The van der Waals surface area contributed by atoms with Gasteiger partial charge in [-0.2, -0.15) is 3.69 Å². The monoisotopic (exact) mass is 238 g/mol. The molecule has 1 aromatic rings. The highest BCUT2D eigenvalue weighted by molar-refractivity contribution is 8.93. The largest absolute Gasteiger partial charge is 0.408 e.